The van der Waals surface area contributed by atoms with Crippen molar-refractivity contribution in [1.29, 1.82) is 0 Å². The number of rotatable bonds is 1. The van der Waals surface area contributed by atoms with Gasteiger partial charge in [-0.05, 0) is 0 Å². The van der Waals surface area contributed by atoms with Gasteiger partial charge < -0.3 is 5.32 Å². The van der Waals surface area contributed by atoms with Crippen molar-refractivity contribution >= 4 is 29.1 Å². The zero-order valence-electron chi connectivity index (χ0n) is 4.18. The van der Waals surface area contributed by atoms with Gasteiger partial charge in [0.05, 0.1) is 11.7 Å². The minimum absolute atomic E-state index is 0.442. The molecular weight excluding hydrogens is 146 g/mol. The summed E-state index contributed by atoms with van der Waals surface area (Å²) in [5, 5.41) is 3.22. The number of hydrogen-bond donors (Lipinski definition) is 1. The van der Waals surface area contributed by atoms with E-state index in [1.807, 2.05) is 0 Å². The van der Waals surface area contributed by atoms with Crippen molar-refractivity contribution in [2.75, 3.05) is 12.4 Å². The van der Waals surface area contributed by atoms with Crippen LogP contribution in [0.5, 0.6) is 0 Å². The van der Waals surface area contributed by atoms with E-state index in [4.69, 9.17) is 11.6 Å². The predicted molar refractivity (Wildman–Crippen MR) is 34.5 cm³/mol. The molecule has 0 radical (unpaired) electrons. The first-order valence-electron chi connectivity index (χ1n) is 2.00. The number of halogens is 1. The van der Waals surface area contributed by atoms with Crippen LogP contribution in [0.25, 0.3) is 0 Å². The van der Waals surface area contributed by atoms with Crippen LogP contribution in [0.3, 0.4) is 0 Å². The lowest BCUT2D eigenvalue weighted by Gasteiger charge is -1.86. The summed E-state index contributed by atoms with van der Waals surface area (Å²) in [6, 6.07) is 0. The molecule has 1 rings (SSSR count). The second kappa shape index (κ2) is 2.28. The molecule has 0 fully saturated rings. The molecule has 1 N–H and O–H groups in total. The summed E-state index contributed by atoms with van der Waals surface area (Å²) in [5.74, 6) is 0.650. The molecule has 0 spiro atoms. The largest absolute Gasteiger partial charge is 0.370 e. The summed E-state index contributed by atoms with van der Waals surface area (Å²) in [7, 11) is 1.75. The summed E-state index contributed by atoms with van der Waals surface area (Å²) >= 11 is 6.61. The summed E-state index contributed by atoms with van der Waals surface area (Å²) in [4.78, 5) is 0. The maximum absolute atomic E-state index is 5.51. The molecule has 5 heteroatoms. The molecule has 1 heterocycles. The molecule has 0 bridgehead atoms. The van der Waals surface area contributed by atoms with Crippen molar-refractivity contribution in [2.24, 2.45) is 0 Å². The SMILES string of the molecule is CNc1nsnc1Cl. The van der Waals surface area contributed by atoms with Crippen molar-refractivity contribution in [2.45, 2.75) is 0 Å². The Morgan fingerprint density at radius 3 is 2.62 bits per heavy atom. The molecule has 3 nitrogen and oxygen atoms in total. The van der Waals surface area contributed by atoms with Gasteiger partial charge in [0.1, 0.15) is 0 Å². The van der Waals surface area contributed by atoms with Gasteiger partial charge in [-0.2, -0.15) is 8.75 Å². The van der Waals surface area contributed by atoms with Gasteiger partial charge >= 0.3 is 0 Å². The molecule has 1 aromatic heterocycles. The molecule has 1 aromatic rings. The molecule has 0 atom stereocenters. The third kappa shape index (κ3) is 0.900. The van der Waals surface area contributed by atoms with E-state index >= 15 is 0 Å². The van der Waals surface area contributed by atoms with Crippen molar-refractivity contribution in [3.05, 3.63) is 5.15 Å². The highest BCUT2D eigenvalue weighted by molar-refractivity contribution is 6.99. The number of nitrogens with one attached hydrogen (secondary N) is 1. The Morgan fingerprint density at radius 2 is 2.38 bits per heavy atom. The third-order valence-electron chi connectivity index (χ3n) is 0.685. The first-order valence-corrected chi connectivity index (χ1v) is 3.11. The topological polar surface area (TPSA) is 37.8 Å². The first-order chi connectivity index (χ1) is 3.84. The Bertz CT molecular complexity index is 175. The van der Waals surface area contributed by atoms with E-state index in [-0.39, 0.29) is 0 Å². The van der Waals surface area contributed by atoms with E-state index in [0.717, 1.165) is 11.7 Å². The number of anilines is 1. The summed E-state index contributed by atoms with van der Waals surface area (Å²) in [6.07, 6.45) is 0. The van der Waals surface area contributed by atoms with Gasteiger partial charge in [0.15, 0.2) is 11.0 Å². The van der Waals surface area contributed by atoms with E-state index in [9.17, 15) is 0 Å². The average Bonchev–Trinajstić information content (AvgIpc) is 2.14. The third-order valence-corrected chi connectivity index (χ3v) is 1.58. The maximum Gasteiger partial charge on any atom is 0.186 e. The number of aromatic nitrogens is 2. The van der Waals surface area contributed by atoms with Crippen LogP contribution in [0.4, 0.5) is 5.82 Å². The molecule has 0 amide bonds. The van der Waals surface area contributed by atoms with Gasteiger partial charge in [-0.1, -0.05) is 11.6 Å². The van der Waals surface area contributed by atoms with Crippen molar-refractivity contribution in [3.8, 4) is 0 Å². The van der Waals surface area contributed by atoms with Gasteiger partial charge in [0.25, 0.3) is 0 Å². The van der Waals surface area contributed by atoms with Gasteiger partial charge in [0, 0.05) is 7.05 Å². The zero-order chi connectivity index (χ0) is 5.98. The molecule has 0 unspecified atom stereocenters. The lowest BCUT2D eigenvalue weighted by atomic mass is 10.7. The molecule has 0 aliphatic heterocycles. The van der Waals surface area contributed by atoms with E-state index < -0.39 is 0 Å². The van der Waals surface area contributed by atoms with Gasteiger partial charge in [-0.15, -0.1) is 0 Å². The van der Waals surface area contributed by atoms with E-state index in [0.29, 0.717) is 11.0 Å². The van der Waals surface area contributed by atoms with E-state index in [1.54, 1.807) is 7.05 Å². The van der Waals surface area contributed by atoms with Crippen LogP contribution in [0.1, 0.15) is 0 Å². The van der Waals surface area contributed by atoms with E-state index in [2.05, 4.69) is 14.1 Å². The predicted octanol–water partition coefficient (Wildman–Crippen LogP) is 1.23. The molecular formula is C3H4ClN3S. The number of hydrogen-bond acceptors (Lipinski definition) is 4. The fourth-order valence-electron chi connectivity index (χ4n) is 0.327. The normalized spacial score (nSPS) is 9.25. The van der Waals surface area contributed by atoms with Gasteiger partial charge in [0.2, 0.25) is 0 Å². The fraction of sp³-hybridized carbons (Fsp3) is 0.333. The van der Waals surface area contributed by atoms with Crippen LogP contribution in [0.2, 0.25) is 5.15 Å². The smallest absolute Gasteiger partial charge is 0.186 e. The standard InChI is InChI=1S/C3H4ClN3S/c1-5-3-2(4)6-8-7-3/h1H3,(H,5,7). The lowest BCUT2D eigenvalue weighted by Crippen LogP contribution is -1.86. The highest BCUT2D eigenvalue weighted by Crippen LogP contribution is 2.15. The molecule has 0 saturated carbocycles. The second-order valence-electron chi connectivity index (χ2n) is 1.15. The molecule has 0 aliphatic carbocycles. The highest BCUT2D eigenvalue weighted by atomic mass is 35.5. The fourth-order valence-corrected chi connectivity index (χ4v) is 1.06. The molecule has 0 saturated heterocycles. The molecule has 44 valence electrons. The van der Waals surface area contributed by atoms with Crippen LogP contribution in [0, 0.1) is 0 Å². The Hall–Kier alpha value is -0.350. The second-order valence-corrected chi connectivity index (χ2v) is 2.04. The monoisotopic (exact) mass is 149 g/mol. The molecule has 0 aliphatic rings. The summed E-state index contributed by atoms with van der Waals surface area (Å²) < 4.78 is 7.54. The van der Waals surface area contributed by atoms with Gasteiger partial charge in [-0.25, -0.2) is 0 Å². The highest BCUT2D eigenvalue weighted by Gasteiger charge is 1.98. The maximum atomic E-state index is 5.51. The van der Waals surface area contributed by atoms with E-state index in [1.165, 1.54) is 0 Å². The number of nitrogens with zero attached hydrogens (tertiary/aromatic N) is 2. The Balaban J connectivity index is 2.92. The molecule has 0 aromatic carbocycles. The minimum Gasteiger partial charge on any atom is -0.370 e. The molecule has 8 heavy (non-hydrogen) atoms. The van der Waals surface area contributed by atoms with Crippen LogP contribution in [0.15, 0.2) is 0 Å². The van der Waals surface area contributed by atoms with Crippen molar-refractivity contribution < 1.29 is 0 Å². The van der Waals surface area contributed by atoms with Crippen LogP contribution < -0.4 is 5.32 Å². The Labute approximate surface area is 56.0 Å². The van der Waals surface area contributed by atoms with Crippen LogP contribution in [-0.2, 0) is 0 Å². The van der Waals surface area contributed by atoms with Gasteiger partial charge in [-0.3, -0.25) is 0 Å². The van der Waals surface area contributed by atoms with Crippen LogP contribution in [-0.4, -0.2) is 15.8 Å². The summed E-state index contributed by atoms with van der Waals surface area (Å²) in [6.45, 7) is 0. The summed E-state index contributed by atoms with van der Waals surface area (Å²) in [5.41, 5.74) is 0. The van der Waals surface area contributed by atoms with Crippen LogP contribution >= 0.6 is 23.3 Å². The average molecular weight is 150 g/mol. The minimum atomic E-state index is 0.442. The Morgan fingerprint density at radius 1 is 1.62 bits per heavy atom. The van der Waals surface area contributed by atoms with Crippen molar-refractivity contribution in [1.82, 2.24) is 8.75 Å². The lowest BCUT2D eigenvalue weighted by molar-refractivity contribution is 1.41. The quantitative estimate of drug-likeness (QED) is 0.653. The Kier molecular flexibility index (Phi) is 1.65. The zero-order valence-corrected chi connectivity index (χ0v) is 5.75. The first kappa shape index (κ1) is 5.78. The van der Waals surface area contributed by atoms with Crippen molar-refractivity contribution in [3.63, 3.8) is 0 Å².